The predicted molar refractivity (Wildman–Crippen MR) is 128 cm³/mol. The summed E-state index contributed by atoms with van der Waals surface area (Å²) in [5.74, 6) is -0.712. The lowest BCUT2D eigenvalue weighted by molar-refractivity contribution is -0.123. The van der Waals surface area contributed by atoms with Crippen LogP contribution in [0.25, 0.3) is 0 Å². The number of nitrogens with one attached hydrogen (secondary N) is 2. The maximum atomic E-state index is 13.0. The second kappa shape index (κ2) is 10.7. The molecule has 0 saturated heterocycles. The lowest BCUT2D eigenvalue weighted by Gasteiger charge is -2.19. The summed E-state index contributed by atoms with van der Waals surface area (Å²) in [6.45, 7) is 0.154. The third kappa shape index (κ3) is 6.22. The van der Waals surface area contributed by atoms with E-state index in [0.29, 0.717) is 23.3 Å². The summed E-state index contributed by atoms with van der Waals surface area (Å²) >= 11 is 0. The van der Waals surface area contributed by atoms with E-state index in [2.05, 4.69) is 10.6 Å². The summed E-state index contributed by atoms with van der Waals surface area (Å²) in [7, 11) is 0. The minimum atomic E-state index is -0.683. The van der Waals surface area contributed by atoms with Crippen molar-refractivity contribution in [2.75, 3.05) is 0 Å². The van der Waals surface area contributed by atoms with Crippen LogP contribution in [0.15, 0.2) is 78.9 Å². The summed E-state index contributed by atoms with van der Waals surface area (Å²) in [6, 6.07) is 22.8. The van der Waals surface area contributed by atoms with Crippen LogP contribution in [0.4, 0.5) is 0 Å². The van der Waals surface area contributed by atoms with E-state index in [1.54, 1.807) is 42.5 Å². The number of benzene rings is 3. The highest BCUT2D eigenvalue weighted by Gasteiger charge is 2.28. The maximum Gasteiger partial charge on any atom is 0.252 e. The van der Waals surface area contributed by atoms with Crippen molar-refractivity contribution >= 4 is 17.7 Å². The number of ether oxygens (including phenoxy) is 1. The molecule has 7 heteroatoms. The Hall–Kier alpha value is -4.13. The van der Waals surface area contributed by atoms with Crippen LogP contribution < -0.4 is 21.1 Å². The molecule has 4 N–H and O–H groups in total. The fraction of sp³-hybridized carbons (Fsp3) is 0.222. The summed E-state index contributed by atoms with van der Waals surface area (Å²) in [5, 5.41) is 5.87. The van der Waals surface area contributed by atoms with Gasteiger partial charge in [0.1, 0.15) is 18.4 Å². The molecule has 7 nitrogen and oxygen atoms in total. The summed E-state index contributed by atoms with van der Waals surface area (Å²) in [6.07, 6.45) is 2.34. The lowest BCUT2D eigenvalue weighted by atomic mass is 10.0. The van der Waals surface area contributed by atoms with E-state index in [-0.39, 0.29) is 24.5 Å². The molecule has 1 aliphatic rings. The van der Waals surface area contributed by atoms with Gasteiger partial charge in [0.25, 0.3) is 11.8 Å². The van der Waals surface area contributed by atoms with E-state index in [9.17, 15) is 14.4 Å². The summed E-state index contributed by atoms with van der Waals surface area (Å²) < 4.78 is 5.77. The molecule has 0 spiro atoms. The molecule has 0 aliphatic heterocycles. The molecule has 1 atom stereocenters. The number of primary amides is 1. The minimum absolute atomic E-state index is 0.154. The molecule has 0 bridgehead atoms. The smallest absolute Gasteiger partial charge is 0.252 e. The van der Waals surface area contributed by atoms with Gasteiger partial charge in [-0.15, -0.1) is 0 Å². The number of hydrogen-bond acceptors (Lipinski definition) is 4. The highest BCUT2D eigenvalue weighted by Crippen LogP contribution is 2.20. The molecule has 1 unspecified atom stereocenters. The van der Waals surface area contributed by atoms with E-state index >= 15 is 0 Å². The SMILES string of the molecule is NC(=O)c1ccccc1OCc1cccc(C(=O)NC(Cc2ccccc2)C(=O)NC2CC2)c1. The van der Waals surface area contributed by atoms with E-state index < -0.39 is 11.9 Å². The van der Waals surface area contributed by atoms with Crippen LogP contribution in [-0.2, 0) is 17.8 Å². The van der Waals surface area contributed by atoms with Gasteiger partial charge in [-0.25, -0.2) is 0 Å². The molecule has 174 valence electrons. The van der Waals surface area contributed by atoms with Crippen molar-refractivity contribution in [3.05, 3.63) is 101 Å². The average Bonchev–Trinajstić information content (AvgIpc) is 3.67. The van der Waals surface area contributed by atoms with Gasteiger partial charge in [-0.3, -0.25) is 14.4 Å². The van der Waals surface area contributed by atoms with Crippen molar-refractivity contribution in [1.82, 2.24) is 10.6 Å². The Balaban J connectivity index is 1.44. The van der Waals surface area contributed by atoms with Crippen LogP contribution >= 0.6 is 0 Å². The van der Waals surface area contributed by atoms with Crippen molar-refractivity contribution in [1.29, 1.82) is 0 Å². The molecule has 34 heavy (non-hydrogen) atoms. The fourth-order valence-electron chi connectivity index (χ4n) is 3.59. The van der Waals surface area contributed by atoms with Gasteiger partial charge in [0, 0.05) is 18.0 Å². The van der Waals surface area contributed by atoms with Crippen molar-refractivity contribution in [2.24, 2.45) is 5.73 Å². The Bertz CT molecular complexity index is 1180. The van der Waals surface area contributed by atoms with E-state index in [4.69, 9.17) is 10.5 Å². The normalized spacial score (nSPS) is 13.5. The van der Waals surface area contributed by atoms with Crippen molar-refractivity contribution in [3.8, 4) is 5.75 Å². The third-order valence-electron chi connectivity index (χ3n) is 5.56. The number of rotatable bonds is 10. The number of para-hydroxylation sites is 1. The van der Waals surface area contributed by atoms with Crippen LogP contribution in [0.5, 0.6) is 5.75 Å². The Morgan fingerprint density at radius 1 is 0.912 bits per heavy atom. The molecule has 3 aromatic carbocycles. The zero-order valence-electron chi connectivity index (χ0n) is 18.7. The standard InChI is InChI=1S/C27H27N3O4/c28-25(31)22-11-4-5-12-24(22)34-17-19-9-6-10-20(15-19)26(32)30-23(27(33)29-21-13-14-21)16-18-7-2-1-3-8-18/h1-12,15,21,23H,13-14,16-17H2,(H2,28,31)(H,29,33)(H,30,32). The first-order valence-electron chi connectivity index (χ1n) is 11.3. The van der Waals surface area contributed by atoms with Crippen LogP contribution in [0.1, 0.15) is 44.7 Å². The minimum Gasteiger partial charge on any atom is -0.488 e. The van der Waals surface area contributed by atoms with Crippen molar-refractivity contribution < 1.29 is 19.1 Å². The first-order valence-corrected chi connectivity index (χ1v) is 11.3. The topological polar surface area (TPSA) is 111 Å². The molecular formula is C27H27N3O4. The van der Waals surface area contributed by atoms with Gasteiger partial charge in [0.15, 0.2) is 0 Å². The molecule has 3 amide bonds. The van der Waals surface area contributed by atoms with Gasteiger partial charge in [-0.1, -0.05) is 54.6 Å². The highest BCUT2D eigenvalue weighted by atomic mass is 16.5. The summed E-state index contributed by atoms with van der Waals surface area (Å²) in [5.41, 5.74) is 7.83. The average molecular weight is 458 g/mol. The zero-order chi connectivity index (χ0) is 23.9. The number of nitrogens with two attached hydrogens (primary N) is 1. The Labute approximate surface area is 198 Å². The fourth-order valence-corrected chi connectivity index (χ4v) is 3.59. The quantitative estimate of drug-likeness (QED) is 0.435. The van der Waals surface area contributed by atoms with Crippen LogP contribution in [0.2, 0.25) is 0 Å². The van der Waals surface area contributed by atoms with Crippen LogP contribution in [-0.4, -0.2) is 29.8 Å². The van der Waals surface area contributed by atoms with Gasteiger partial charge in [0.05, 0.1) is 5.56 Å². The molecule has 0 heterocycles. The van der Waals surface area contributed by atoms with Gasteiger partial charge < -0.3 is 21.1 Å². The van der Waals surface area contributed by atoms with Gasteiger partial charge in [-0.2, -0.15) is 0 Å². The third-order valence-corrected chi connectivity index (χ3v) is 5.56. The highest BCUT2D eigenvalue weighted by molar-refractivity contribution is 5.98. The van der Waals surface area contributed by atoms with E-state index in [0.717, 1.165) is 24.0 Å². The molecule has 0 aromatic heterocycles. The Morgan fingerprint density at radius 3 is 2.35 bits per heavy atom. The second-order valence-corrected chi connectivity index (χ2v) is 8.35. The Morgan fingerprint density at radius 2 is 1.62 bits per heavy atom. The first-order chi connectivity index (χ1) is 16.5. The number of carbonyl (C=O) groups is 3. The van der Waals surface area contributed by atoms with E-state index in [1.807, 2.05) is 36.4 Å². The molecule has 1 fully saturated rings. The number of amides is 3. The van der Waals surface area contributed by atoms with Gasteiger partial charge in [0.2, 0.25) is 5.91 Å². The summed E-state index contributed by atoms with van der Waals surface area (Å²) in [4.78, 5) is 37.4. The molecule has 3 aromatic rings. The zero-order valence-corrected chi connectivity index (χ0v) is 18.7. The molecule has 0 radical (unpaired) electrons. The van der Waals surface area contributed by atoms with E-state index in [1.165, 1.54) is 0 Å². The molecular weight excluding hydrogens is 430 g/mol. The van der Waals surface area contributed by atoms with Gasteiger partial charge in [-0.05, 0) is 48.2 Å². The van der Waals surface area contributed by atoms with Crippen LogP contribution in [0.3, 0.4) is 0 Å². The lowest BCUT2D eigenvalue weighted by Crippen LogP contribution is -2.48. The number of carbonyl (C=O) groups excluding carboxylic acids is 3. The van der Waals surface area contributed by atoms with Crippen LogP contribution in [0, 0.1) is 0 Å². The molecule has 4 rings (SSSR count). The maximum absolute atomic E-state index is 13.0. The predicted octanol–water partition coefficient (Wildman–Crippen LogP) is 2.98. The van der Waals surface area contributed by atoms with Crippen molar-refractivity contribution in [3.63, 3.8) is 0 Å². The molecule has 1 aliphatic carbocycles. The molecule has 1 saturated carbocycles. The van der Waals surface area contributed by atoms with Crippen molar-refractivity contribution in [2.45, 2.75) is 38.0 Å². The van der Waals surface area contributed by atoms with Gasteiger partial charge >= 0.3 is 0 Å². The Kier molecular flexibility index (Phi) is 7.22. The largest absolute Gasteiger partial charge is 0.488 e. The first kappa shape index (κ1) is 23.0. The number of hydrogen-bond donors (Lipinski definition) is 3. The second-order valence-electron chi connectivity index (χ2n) is 8.35. The monoisotopic (exact) mass is 457 g/mol.